The van der Waals surface area contributed by atoms with Crippen LogP contribution in [0.4, 0.5) is 26.0 Å². The molecule has 0 saturated carbocycles. The van der Waals surface area contributed by atoms with E-state index in [-0.39, 0.29) is 27.4 Å². The molecule has 1 aliphatic rings. The number of hydrogen-bond acceptors (Lipinski definition) is 8. The number of fused-ring (bicyclic) bond motifs is 1. The third kappa shape index (κ3) is 5.15. The molecule has 11 nitrogen and oxygen atoms in total. The Morgan fingerprint density at radius 1 is 1.00 bits per heavy atom. The molecular formula is C25H22F2N6O5S. The van der Waals surface area contributed by atoms with Crippen molar-refractivity contribution >= 4 is 43.8 Å². The summed E-state index contributed by atoms with van der Waals surface area (Å²) in [4.78, 5) is 27.6. The number of nitrogens with one attached hydrogen (secondary N) is 2. The summed E-state index contributed by atoms with van der Waals surface area (Å²) in [5.74, 6) is -2.99. The number of H-pyrrole nitrogens is 1. The number of sulfone groups is 1. The summed E-state index contributed by atoms with van der Waals surface area (Å²) in [7, 11) is -2.33. The van der Waals surface area contributed by atoms with Gasteiger partial charge in [0.2, 0.25) is 9.84 Å². The van der Waals surface area contributed by atoms with Gasteiger partial charge in [-0.3, -0.25) is 20.0 Å². The predicted molar refractivity (Wildman–Crippen MR) is 139 cm³/mol. The molecule has 1 fully saturated rings. The van der Waals surface area contributed by atoms with E-state index in [1.807, 2.05) is 11.9 Å². The van der Waals surface area contributed by atoms with Gasteiger partial charge in [-0.1, -0.05) is 0 Å². The first-order valence-corrected chi connectivity index (χ1v) is 13.2. The summed E-state index contributed by atoms with van der Waals surface area (Å²) in [5, 5.41) is 21.2. The number of aromatic nitrogens is 2. The van der Waals surface area contributed by atoms with Crippen molar-refractivity contribution in [3.63, 3.8) is 0 Å². The number of halogens is 2. The second-order valence-electron chi connectivity index (χ2n) is 9.09. The topological polar surface area (TPSA) is 142 Å². The quantitative estimate of drug-likeness (QED) is 0.271. The number of hydrogen-bond donors (Lipinski definition) is 2. The average molecular weight is 557 g/mol. The van der Waals surface area contributed by atoms with E-state index in [0.717, 1.165) is 13.1 Å². The molecule has 1 aromatic heterocycles. The molecule has 0 bridgehead atoms. The Morgan fingerprint density at radius 3 is 2.36 bits per heavy atom. The van der Waals surface area contributed by atoms with Crippen LogP contribution in [0.3, 0.4) is 0 Å². The molecule has 1 amide bonds. The fraction of sp³-hybridized carbons (Fsp3) is 0.200. The number of piperazine rings is 1. The number of rotatable bonds is 6. The van der Waals surface area contributed by atoms with Crippen LogP contribution in [0.1, 0.15) is 10.4 Å². The van der Waals surface area contributed by atoms with Crippen molar-refractivity contribution in [1.82, 2.24) is 15.1 Å². The van der Waals surface area contributed by atoms with Crippen LogP contribution in [-0.2, 0) is 9.84 Å². The number of benzene rings is 3. The Hall–Kier alpha value is -4.43. The van der Waals surface area contributed by atoms with Crippen LogP contribution in [-0.4, -0.2) is 67.6 Å². The van der Waals surface area contributed by atoms with Gasteiger partial charge in [0, 0.05) is 49.4 Å². The van der Waals surface area contributed by atoms with Crippen molar-refractivity contribution in [2.24, 2.45) is 0 Å². The van der Waals surface area contributed by atoms with Crippen LogP contribution < -0.4 is 10.2 Å². The minimum absolute atomic E-state index is 0.0742. The lowest BCUT2D eigenvalue weighted by Crippen LogP contribution is -2.44. The first-order chi connectivity index (χ1) is 18.5. The van der Waals surface area contributed by atoms with Gasteiger partial charge in [0.15, 0.2) is 5.82 Å². The lowest BCUT2D eigenvalue weighted by Gasteiger charge is -2.34. The van der Waals surface area contributed by atoms with Gasteiger partial charge in [0.25, 0.3) is 11.6 Å². The molecule has 39 heavy (non-hydrogen) atoms. The second kappa shape index (κ2) is 10.0. The summed E-state index contributed by atoms with van der Waals surface area (Å²) >= 11 is 0. The fourth-order valence-electron chi connectivity index (χ4n) is 4.37. The Labute approximate surface area is 221 Å². The lowest BCUT2D eigenvalue weighted by molar-refractivity contribution is -0.385. The fourth-order valence-corrected chi connectivity index (χ4v) is 5.70. The van der Waals surface area contributed by atoms with Crippen molar-refractivity contribution in [3.05, 3.63) is 81.9 Å². The average Bonchev–Trinajstić information content (AvgIpc) is 3.30. The molecule has 2 N–H and O–H groups in total. The number of likely N-dealkylation sites (N-methyl/N-ethyl adjacent to an activating group) is 1. The zero-order chi connectivity index (χ0) is 27.9. The Balaban J connectivity index is 1.45. The van der Waals surface area contributed by atoms with Crippen LogP contribution in [0.15, 0.2) is 64.4 Å². The summed E-state index contributed by atoms with van der Waals surface area (Å²) in [6, 6.07) is 10.1. The first-order valence-electron chi connectivity index (χ1n) is 11.8. The number of nitro groups is 1. The minimum atomic E-state index is -4.32. The van der Waals surface area contributed by atoms with Gasteiger partial charge in [-0.25, -0.2) is 17.2 Å². The van der Waals surface area contributed by atoms with E-state index in [4.69, 9.17) is 0 Å². The molecule has 4 aromatic rings. The van der Waals surface area contributed by atoms with Gasteiger partial charge >= 0.3 is 0 Å². The number of carbonyl (C=O) groups is 1. The SMILES string of the molecule is CN1CCN(c2ccc(C(=O)Nc3n[nH]c4ccc(S(=O)(=O)c5cc(F)cc(F)c5)cc34)c([N+](=O)[O-])c2)CC1. The lowest BCUT2D eigenvalue weighted by atomic mass is 10.1. The van der Waals surface area contributed by atoms with Crippen molar-refractivity contribution < 1.29 is 26.9 Å². The molecule has 14 heteroatoms. The maximum atomic E-state index is 13.7. The van der Waals surface area contributed by atoms with E-state index in [2.05, 4.69) is 20.4 Å². The highest BCUT2D eigenvalue weighted by atomic mass is 32.2. The van der Waals surface area contributed by atoms with Gasteiger partial charge in [0.1, 0.15) is 17.2 Å². The minimum Gasteiger partial charge on any atom is -0.369 e. The summed E-state index contributed by atoms with van der Waals surface area (Å²) in [6.07, 6.45) is 0. The zero-order valence-electron chi connectivity index (χ0n) is 20.5. The third-order valence-corrected chi connectivity index (χ3v) is 8.24. The van der Waals surface area contributed by atoms with E-state index >= 15 is 0 Å². The number of amides is 1. The van der Waals surface area contributed by atoms with Crippen molar-refractivity contribution in [1.29, 1.82) is 0 Å². The molecule has 1 aliphatic heterocycles. The number of carbonyl (C=O) groups excluding carboxylic acids is 1. The Morgan fingerprint density at radius 2 is 1.69 bits per heavy atom. The summed E-state index contributed by atoms with van der Waals surface area (Å²) in [5.41, 5.74) is 0.392. The smallest absolute Gasteiger partial charge is 0.284 e. The molecule has 5 rings (SSSR count). The Bertz CT molecular complexity index is 1700. The largest absolute Gasteiger partial charge is 0.369 e. The van der Waals surface area contributed by atoms with Gasteiger partial charge in [-0.15, -0.1) is 0 Å². The van der Waals surface area contributed by atoms with E-state index in [0.29, 0.717) is 42.5 Å². The van der Waals surface area contributed by atoms with Gasteiger partial charge in [0.05, 0.1) is 20.2 Å². The maximum absolute atomic E-state index is 13.7. The van der Waals surface area contributed by atoms with Crippen molar-refractivity contribution in [2.45, 2.75) is 9.79 Å². The number of aromatic amines is 1. The van der Waals surface area contributed by atoms with Crippen LogP contribution in [0.2, 0.25) is 0 Å². The van der Waals surface area contributed by atoms with Crippen LogP contribution in [0.5, 0.6) is 0 Å². The molecule has 3 aromatic carbocycles. The van der Waals surface area contributed by atoms with E-state index in [9.17, 15) is 32.1 Å². The summed E-state index contributed by atoms with van der Waals surface area (Å²) < 4.78 is 53.4. The van der Waals surface area contributed by atoms with Crippen molar-refractivity contribution in [3.8, 4) is 0 Å². The maximum Gasteiger partial charge on any atom is 0.284 e. The van der Waals surface area contributed by atoms with Crippen LogP contribution >= 0.6 is 0 Å². The van der Waals surface area contributed by atoms with E-state index in [1.165, 1.54) is 30.3 Å². The number of nitrogens with zero attached hydrogens (tertiary/aromatic N) is 4. The molecule has 0 spiro atoms. The van der Waals surface area contributed by atoms with Gasteiger partial charge in [-0.2, -0.15) is 5.10 Å². The highest BCUT2D eigenvalue weighted by molar-refractivity contribution is 7.91. The van der Waals surface area contributed by atoms with Crippen molar-refractivity contribution in [2.75, 3.05) is 43.4 Å². The molecule has 0 unspecified atom stereocenters. The monoisotopic (exact) mass is 556 g/mol. The second-order valence-corrected chi connectivity index (χ2v) is 11.0. The molecule has 2 heterocycles. The predicted octanol–water partition coefficient (Wildman–Crippen LogP) is 3.59. The molecule has 1 saturated heterocycles. The molecule has 0 atom stereocenters. The van der Waals surface area contributed by atoms with E-state index in [1.54, 1.807) is 6.07 Å². The van der Waals surface area contributed by atoms with Gasteiger partial charge < -0.3 is 15.1 Å². The van der Waals surface area contributed by atoms with Crippen LogP contribution in [0.25, 0.3) is 10.9 Å². The normalized spacial score (nSPS) is 14.5. The third-order valence-electron chi connectivity index (χ3n) is 6.51. The number of nitro benzene ring substituents is 1. The highest BCUT2D eigenvalue weighted by Crippen LogP contribution is 2.30. The zero-order valence-corrected chi connectivity index (χ0v) is 21.3. The Kier molecular flexibility index (Phi) is 6.74. The van der Waals surface area contributed by atoms with Gasteiger partial charge in [-0.05, 0) is 49.5 Å². The first kappa shape index (κ1) is 26.2. The highest BCUT2D eigenvalue weighted by Gasteiger charge is 2.26. The molecule has 0 radical (unpaired) electrons. The summed E-state index contributed by atoms with van der Waals surface area (Å²) in [6.45, 7) is 2.97. The molecule has 202 valence electrons. The molecule has 0 aliphatic carbocycles. The van der Waals surface area contributed by atoms with E-state index < -0.39 is 37.2 Å². The van der Waals surface area contributed by atoms with Crippen LogP contribution in [0, 0.1) is 21.7 Å². The standard InChI is InChI=1S/C25H22F2N6O5S/c1-31-6-8-32(9-7-31)17-2-4-20(23(13-17)33(35)36)25(34)28-24-21-14-18(3-5-22(21)29-30-24)39(37,38)19-11-15(26)10-16(27)12-19/h2-5,10-14H,6-9H2,1H3,(H2,28,29,30,34). The molecular weight excluding hydrogens is 534 g/mol. The number of anilines is 2.